The highest BCUT2D eigenvalue weighted by Gasteiger charge is 2.18. The number of aliphatic hydroxyl groups excluding tert-OH is 2. The van der Waals surface area contributed by atoms with Crippen LogP contribution in [-0.4, -0.2) is 20.2 Å². The molecule has 0 aliphatic heterocycles. The van der Waals surface area contributed by atoms with Gasteiger partial charge in [0.2, 0.25) is 0 Å². The zero-order chi connectivity index (χ0) is 13.7. The largest absolute Gasteiger partial charge is 0.387 e. The van der Waals surface area contributed by atoms with Crippen LogP contribution in [0.25, 0.3) is 0 Å². The van der Waals surface area contributed by atoms with Crippen molar-refractivity contribution in [1.82, 2.24) is 9.97 Å². The minimum Gasteiger partial charge on any atom is -0.387 e. The Balaban J connectivity index is 3.03. The van der Waals surface area contributed by atoms with Gasteiger partial charge in [-0.2, -0.15) is 0 Å². The van der Waals surface area contributed by atoms with Crippen LogP contribution >= 0.6 is 0 Å². The monoisotopic (exact) mass is 252 g/mol. The number of hydrogen-bond acceptors (Lipinski definition) is 4. The topological polar surface area (TPSA) is 66.2 Å². The van der Waals surface area contributed by atoms with Gasteiger partial charge < -0.3 is 10.2 Å². The summed E-state index contributed by atoms with van der Waals surface area (Å²) in [7, 11) is 0. The molecule has 0 saturated heterocycles. The lowest BCUT2D eigenvalue weighted by Crippen LogP contribution is -2.12. The van der Waals surface area contributed by atoms with Crippen molar-refractivity contribution < 1.29 is 10.2 Å². The zero-order valence-electron chi connectivity index (χ0n) is 11.8. The van der Waals surface area contributed by atoms with Gasteiger partial charge in [-0.15, -0.1) is 0 Å². The summed E-state index contributed by atoms with van der Waals surface area (Å²) in [4.78, 5) is 8.84. The second-order valence-corrected chi connectivity index (χ2v) is 4.77. The molecule has 4 nitrogen and oxygen atoms in total. The second-order valence-electron chi connectivity index (χ2n) is 4.77. The lowest BCUT2D eigenvalue weighted by atomic mass is 10.1. The molecule has 0 spiro atoms. The third-order valence-corrected chi connectivity index (χ3v) is 3.07. The first-order valence-electron chi connectivity index (χ1n) is 6.72. The van der Waals surface area contributed by atoms with Crippen molar-refractivity contribution in [3.8, 4) is 0 Å². The number of aromatic nitrogens is 2. The fourth-order valence-electron chi connectivity index (χ4n) is 2.09. The molecule has 0 saturated carbocycles. The highest BCUT2D eigenvalue weighted by molar-refractivity contribution is 5.22. The maximum absolute atomic E-state index is 9.99. The molecule has 0 fully saturated rings. The molecule has 0 aromatic carbocycles. The summed E-state index contributed by atoms with van der Waals surface area (Å²) in [5.41, 5.74) is 2.71. The Hall–Kier alpha value is -1.00. The van der Waals surface area contributed by atoms with Gasteiger partial charge in [-0.1, -0.05) is 26.7 Å². The van der Waals surface area contributed by atoms with E-state index in [9.17, 15) is 10.2 Å². The standard InChI is InChI=1S/C14H24N2O2/c1-5-7-11(17)13-9(3)16-14(10(4)15-13)12(18)8-6-2/h11-12,17-18H,5-8H2,1-4H3. The predicted octanol–water partition coefficient (Wildman–Crippen LogP) is 2.76. The van der Waals surface area contributed by atoms with E-state index in [1.165, 1.54) is 0 Å². The van der Waals surface area contributed by atoms with Crippen molar-refractivity contribution >= 4 is 0 Å². The van der Waals surface area contributed by atoms with Crippen molar-refractivity contribution in [3.05, 3.63) is 22.8 Å². The number of aliphatic hydroxyl groups is 2. The van der Waals surface area contributed by atoms with E-state index in [4.69, 9.17) is 0 Å². The third-order valence-electron chi connectivity index (χ3n) is 3.07. The molecule has 0 radical (unpaired) electrons. The summed E-state index contributed by atoms with van der Waals surface area (Å²) in [5, 5.41) is 20.0. The second kappa shape index (κ2) is 6.81. The molecule has 18 heavy (non-hydrogen) atoms. The molecule has 102 valence electrons. The van der Waals surface area contributed by atoms with Gasteiger partial charge in [-0.05, 0) is 26.7 Å². The maximum atomic E-state index is 9.99. The van der Waals surface area contributed by atoms with Crippen molar-refractivity contribution in [1.29, 1.82) is 0 Å². The molecule has 1 aromatic heterocycles. The van der Waals surface area contributed by atoms with Gasteiger partial charge in [0.1, 0.15) is 0 Å². The highest BCUT2D eigenvalue weighted by Crippen LogP contribution is 2.24. The van der Waals surface area contributed by atoms with Crippen LogP contribution in [0.15, 0.2) is 0 Å². The number of aryl methyl sites for hydroxylation is 2. The summed E-state index contributed by atoms with van der Waals surface area (Å²) in [6.45, 7) is 7.72. The average Bonchev–Trinajstić information content (AvgIpc) is 2.32. The minimum absolute atomic E-state index is 0.557. The van der Waals surface area contributed by atoms with E-state index >= 15 is 0 Å². The lowest BCUT2D eigenvalue weighted by Gasteiger charge is -2.17. The predicted molar refractivity (Wildman–Crippen MR) is 71.2 cm³/mol. The molecule has 0 amide bonds. The van der Waals surface area contributed by atoms with Crippen LogP contribution in [0.1, 0.15) is 74.5 Å². The van der Waals surface area contributed by atoms with Gasteiger partial charge in [0.25, 0.3) is 0 Å². The van der Waals surface area contributed by atoms with Crippen molar-refractivity contribution in [2.24, 2.45) is 0 Å². The Labute approximate surface area is 109 Å². The fourth-order valence-corrected chi connectivity index (χ4v) is 2.09. The lowest BCUT2D eigenvalue weighted by molar-refractivity contribution is 0.153. The SMILES string of the molecule is CCCC(O)c1nc(C)c(C(O)CCC)nc1C. The van der Waals surface area contributed by atoms with Crippen LogP contribution in [0, 0.1) is 13.8 Å². The number of rotatable bonds is 6. The molecular weight excluding hydrogens is 228 g/mol. The van der Waals surface area contributed by atoms with E-state index in [0.29, 0.717) is 35.6 Å². The van der Waals surface area contributed by atoms with Crippen molar-refractivity contribution in [3.63, 3.8) is 0 Å². The molecular formula is C14H24N2O2. The van der Waals surface area contributed by atoms with Crippen LogP contribution in [0.2, 0.25) is 0 Å². The summed E-state index contributed by atoms with van der Waals surface area (Å²) in [5.74, 6) is 0. The van der Waals surface area contributed by atoms with Crippen LogP contribution in [-0.2, 0) is 0 Å². The maximum Gasteiger partial charge on any atom is 0.0978 e. The Bertz CT molecular complexity index is 356. The molecule has 0 aliphatic rings. The van der Waals surface area contributed by atoms with Gasteiger partial charge >= 0.3 is 0 Å². The fraction of sp³-hybridized carbons (Fsp3) is 0.714. The minimum atomic E-state index is -0.557. The Morgan fingerprint density at radius 1 is 0.833 bits per heavy atom. The normalized spacial score (nSPS) is 14.6. The van der Waals surface area contributed by atoms with Crippen molar-refractivity contribution in [2.75, 3.05) is 0 Å². The third kappa shape index (κ3) is 3.50. The van der Waals surface area contributed by atoms with Gasteiger partial charge in [0.15, 0.2) is 0 Å². The molecule has 0 aliphatic carbocycles. The molecule has 0 bridgehead atoms. The molecule has 1 aromatic rings. The van der Waals surface area contributed by atoms with E-state index in [2.05, 4.69) is 9.97 Å². The quantitative estimate of drug-likeness (QED) is 0.817. The first-order valence-corrected chi connectivity index (χ1v) is 6.72. The van der Waals surface area contributed by atoms with E-state index in [1.807, 2.05) is 27.7 Å². The average molecular weight is 252 g/mol. The van der Waals surface area contributed by atoms with Crippen LogP contribution in [0.4, 0.5) is 0 Å². The molecule has 4 heteroatoms. The van der Waals surface area contributed by atoms with Gasteiger partial charge in [0, 0.05) is 0 Å². The highest BCUT2D eigenvalue weighted by atomic mass is 16.3. The zero-order valence-corrected chi connectivity index (χ0v) is 11.8. The van der Waals surface area contributed by atoms with Crippen molar-refractivity contribution in [2.45, 2.75) is 65.6 Å². The Morgan fingerprint density at radius 3 is 1.44 bits per heavy atom. The first kappa shape index (κ1) is 15.1. The Kier molecular flexibility index (Phi) is 5.69. The van der Waals surface area contributed by atoms with E-state index in [0.717, 1.165) is 12.8 Å². The molecule has 2 N–H and O–H groups in total. The summed E-state index contributed by atoms with van der Waals surface area (Å²) in [6, 6.07) is 0. The summed E-state index contributed by atoms with van der Waals surface area (Å²) >= 11 is 0. The van der Waals surface area contributed by atoms with E-state index in [-0.39, 0.29) is 0 Å². The smallest absolute Gasteiger partial charge is 0.0978 e. The number of hydrogen-bond donors (Lipinski definition) is 2. The summed E-state index contributed by atoms with van der Waals surface area (Å²) in [6.07, 6.45) is 2.07. The van der Waals surface area contributed by atoms with Crippen LogP contribution < -0.4 is 0 Å². The van der Waals surface area contributed by atoms with Crippen LogP contribution in [0.5, 0.6) is 0 Å². The Morgan fingerprint density at radius 2 is 1.17 bits per heavy atom. The van der Waals surface area contributed by atoms with E-state index < -0.39 is 12.2 Å². The van der Waals surface area contributed by atoms with Gasteiger partial charge in [0.05, 0.1) is 35.0 Å². The summed E-state index contributed by atoms with van der Waals surface area (Å²) < 4.78 is 0. The first-order chi connectivity index (χ1) is 8.51. The van der Waals surface area contributed by atoms with Gasteiger partial charge in [-0.25, -0.2) is 0 Å². The van der Waals surface area contributed by atoms with E-state index in [1.54, 1.807) is 0 Å². The van der Waals surface area contributed by atoms with Gasteiger partial charge in [-0.3, -0.25) is 9.97 Å². The molecule has 1 heterocycles. The molecule has 1 rings (SSSR count). The van der Waals surface area contributed by atoms with Crippen LogP contribution in [0.3, 0.4) is 0 Å². The molecule has 2 atom stereocenters. The number of nitrogens with zero attached hydrogens (tertiary/aromatic N) is 2. The molecule has 2 unspecified atom stereocenters.